The second kappa shape index (κ2) is 7.01. The number of piperazine rings is 1. The van der Waals surface area contributed by atoms with Gasteiger partial charge in [-0.15, -0.1) is 0 Å². The van der Waals surface area contributed by atoms with Gasteiger partial charge >= 0.3 is 0 Å². The molecule has 1 N–H and O–H groups in total. The summed E-state index contributed by atoms with van der Waals surface area (Å²) in [5.74, 6) is 0. The molecular formula is C13H18BrN3O3. The molecule has 1 aromatic carbocycles. The van der Waals surface area contributed by atoms with Crippen molar-refractivity contribution in [3.63, 3.8) is 0 Å². The largest absolute Gasteiger partial charge is 0.396 e. The number of nitrogens with zero attached hydrogens (tertiary/aromatic N) is 3. The van der Waals surface area contributed by atoms with Gasteiger partial charge in [-0.1, -0.05) is 0 Å². The maximum atomic E-state index is 10.7. The molecule has 0 atom stereocenters. The molecule has 110 valence electrons. The van der Waals surface area contributed by atoms with Gasteiger partial charge in [-0.25, -0.2) is 0 Å². The van der Waals surface area contributed by atoms with E-state index in [1.165, 1.54) is 6.07 Å². The van der Waals surface area contributed by atoms with E-state index in [2.05, 4.69) is 25.7 Å². The van der Waals surface area contributed by atoms with Crippen molar-refractivity contribution in [2.45, 2.75) is 6.42 Å². The Bertz CT molecular complexity index is 476. The fourth-order valence-electron chi connectivity index (χ4n) is 2.37. The Morgan fingerprint density at radius 1 is 1.30 bits per heavy atom. The zero-order chi connectivity index (χ0) is 14.5. The monoisotopic (exact) mass is 343 g/mol. The lowest BCUT2D eigenvalue weighted by Gasteiger charge is -2.36. The number of nitro benzene ring substituents is 1. The van der Waals surface area contributed by atoms with E-state index in [0.29, 0.717) is 0 Å². The van der Waals surface area contributed by atoms with E-state index in [1.807, 2.05) is 0 Å². The topological polar surface area (TPSA) is 69.9 Å². The maximum absolute atomic E-state index is 10.7. The summed E-state index contributed by atoms with van der Waals surface area (Å²) in [6.45, 7) is 4.83. The van der Waals surface area contributed by atoms with Crippen LogP contribution in [-0.4, -0.2) is 54.3 Å². The minimum absolute atomic E-state index is 0.0993. The molecule has 20 heavy (non-hydrogen) atoms. The molecular weight excluding hydrogens is 326 g/mol. The number of halogens is 1. The lowest BCUT2D eigenvalue weighted by molar-refractivity contribution is -0.384. The molecule has 2 rings (SSSR count). The summed E-state index contributed by atoms with van der Waals surface area (Å²) in [7, 11) is 0. The van der Waals surface area contributed by atoms with Crippen molar-refractivity contribution in [1.82, 2.24) is 4.90 Å². The van der Waals surface area contributed by atoms with Gasteiger partial charge in [0.2, 0.25) is 0 Å². The highest BCUT2D eigenvalue weighted by atomic mass is 79.9. The van der Waals surface area contributed by atoms with Crippen molar-refractivity contribution < 1.29 is 10.0 Å². The molecule has 0 spiro atoms. The van der Waals surface area contributed by atoms with Crippen LogP contribution in [0.15, 0.2) is 22.7 Å². The summed E-state index contributed by atoms with van der Waals surface area (Å²) in [5.41, 5.74) is 1.10. The van der Waals surface area contributed by atoms with Crippen LogP contribution in [0.4, 0.5) is 11.4 Å². The zero-order valence-corrected chi connectivity index (χ0v) is 12.8. The summed E-state index contributed by atoms with van der Waals surface area (Å²) < 4.78 is 0.760. The zero-order valence-electron chi connectivity index (χ0n) is 11.2. The maximum Gasteiger partial charge on any atom is 0.270 e. The van der Waals surface area contributed by atoms with Crippen LogP contribution >= 0.6 is 15.9 Å². The lowest BCUT2D eigenvalue weighted by atomic mass is 10.2. The molecule has 1 aromatic rings. The van der Waals surface area contributed by atoms with Gasteiger partial charge in [0.05, 0.1) is 10.6 Å². The van der Waals surface area contributed by atoms with Crippen LogP contribution in [0.25, 0.3) is 0 Å². The predicted molar refractivity (Wildman–Crippen MR) is 81.2 cm³/mol. The van der Waals surface area contributed by atoms with Crippen molar-refractivity contribution in [2.75, 3.05) is 44.2 Å². The van der Waals surface area contributed by atoms with Crippen LogP contribution in [-0.2, 0) is 0 Å². The van der Waals surface area contributed by atoms with E-state index in [4.69, 9.17) is 5.11 Å². The number of rotatable bonds is 5. The Morgan fingerprint density at radius 2 is 2.00 bits per heavy atom. The Hall–Kier alpha value is -1.18. The number of hydrogen-bond acceptors (Lipinski definition) is 5. The van der Waals surface area contributed by atoms with Crippen molar-refractivity contribution in [1.29, 1.82) is 0 Å². The third kappa shape index (κ3) is 3.68. The molecule has 0 aromatic heterocycles. The highest BCUT2D eigenvalue weighted by molar-refractivity contribution is 9.10. The first kappa shape index (κ1) is 15.2. The van der Waals surface area contributed by atoms with Gasteiger partial charge < -0.3 is 10.0 Å². The van der Waals surface area contributed by atoms with E-state index in [0.717, 1.165) is 49.3 Å². The number of anilines is 1. The van der Waals surface area contributed by atoms with E-state index in [9.17, 15) is 10.1 Å². The Kier molecular flexibility index (Phi) is 5.33. The molecule has 1 aliphatic rings. The minimum Gasteiger partial charge on any atom is -0.396 e. The van der Waals surface area contributed by atoms with Crippen molar-refractivity contribution in [3.05, 3.63) is 32.8 Å². The third-order valence-electron chi connectivity index (χ3n) is 3.49. The predicted octanol–water partition coefficient (Wildman–Crippen LogP) is 1.86. The van der Waals surface area contributed by atoms with Gasteiger partial charge in [-0.05, 0) is 28.4 Å². The third-order valence-corrected chi connectivity index (χ3v) is 4.12. The number of non-ortho nitro benzene ring substituents is 1. The SMILES string of the molecule is O=[N+]([O-])c1ccc(N2CCN(CCCO)CC2)c(Br)c1. The minimum atomic E-state index is -0.388. The Labute approximate surface area is 126 Å². The highest BCUT2D eigenvalue weighted by Gasteiger charge is 2.19. The summed E-state index contributed by atoms with van der Waals surface area (Å²) in [6, 6.07) is 4.89. The molecule has 1 heterocycles. The standard InChI is InChI=1S/C13H18BrN3O3/c14-12-10-11(17(19)20)2-3-13(12)16-7-5-15(6-8-16)4-1-9-18/h2-3,10,18H,1,4-9H2. The molecule has 0 amide bonds. The van der Waals surface area contributed by atoms with Gasteiger partial charge in [0.15, 0.2) is 0 Å². The molecule has 7 heteroatoms. The molecule has 0 saturated carbocycles. The van der Waals surface area contributed by atoms with Gasteiger partial charge in [-0.2, -0.15) is 0 Å². The van der Waals surface area contributed by atoms with Crippen LogP contribution in [0.5, 0.6) is 0 Å². The Morgan fingerprint density at radius 3 is 2.55 bits per heavy atom. The fourth-order valence-corrected chi connectivity index (χ4v) is 2.99. The quantitative estimate of drug-likeness (QED) is 0.652. The van der Waals surface area contributed by atoms with Crippen LogP contribution in [0.1, 0.15) is 6.42 Å². The highest BCUT2D eigenvalue weighted by Crippen LogP contribution is 2.30. The first-order valence-corrected chi connectivity index (χ1v) is 7.43. The number of aliphatic hydroxyl groups is 1. The van der Waals surface area contributed by atoms with Gasteiger partial charge in [0, 0.05) is 55.9 Å². The van der Waals surface area contributed by atoms with Gasteiger partial charge in [0.25, 0.3) is 5.69 Å². The summed E-state index contributed by atoms with van der Waals surface area (Å²) in [4.78, 5) is 14.9. The second-order valence-corrected chi connectivity index (χ2v) is 5.65. The molecule has 1 aliphatic heterocycles. The molecule has 0 aliphatic carbocycles. The number of nitro groups is 1. The van der Waals surface area contributed by atoms with Gasteiger partial charge in [0.1, 0.15) is 0 Å². The second-order valence-electron chi connectivity index (χ2n) is 4.80. The van der Waals surface area contributed by atoms with Crippen LogP contribution in [0.3, 0.4) is 0 Å². The number of hydrogen-bond donors (Lipinski definition) is 1. The van der Waals surface area contributed by atoms with Crippen molar-refractivity contribution >= 4 is 27.3 Å². The lowest BCUT2D eigenvalue weighted by Crippen LogP contribution is -2.46. The molecule has 0 unspecified atom stereocenters. The van der Waals surface area contributed by atoms with Crippen molar-refractivity contribution in [2.24, 2.45) is 0 Å². The van der Waals surface area contributed by atoms with E-state index >= 15 is 0 Å². The average molecular weight is 344 g/mol. The van der Waals surface area contributed by atoms with Gasteiger partial charge in [-0.3, -0.25) is 15.0 Å². The molecule has 0 bridgehead atoms. The molecule has 1 saturated heterocycles. The summed E-state index contributed by atoms with van der Waals surface area (Å²) >= 11 is 3.42. The first-order chi connectivity index (χ1) is 9.61. The van der Waals surface area contributed by atoms with E-state index in [-0.39, 0.29) is 17.2 Å². The summed E-state index contributed by atoms with van der Waals surface area (Å²) in [6.07, 6.45) is 0.807. The van der Waals surface area contributed by atoms with E-state index in [1.54, 1.807) is 12.1 Å². The first-order valence-electron chi connectivity index (χ1n) is 6.64. The average Bonchev–Trinajstić information content (AvgIpc) is 2.45. The Balaban J connectivity index is 1.98. The van der Waals surface area contributed by atoms with Crippen molar-refractivity contribution in [3.8, 4) is 0 Å². The number of aliphatic hydroxyl groups excluding tert-OH is 1. The smallest absolute Gasteiger partial charge is 0.270 e. The fraction of sp³-hybridized carbons (Fsp3) is 0.538. The van der Waals surface area contributed by atoms with Crippen LogP contribution < -0.4 is 4.90 Å². The van der Waals surface area contributed by atoms with Crippen LogP contribution in [0, 0.1) is 10.1 Å². The van der Waals surface area contributed by atoms with Crippen LogP contribution in [0.2, 0.25) is 0 Å². The molecule has 6 nitrogen and oxygen atoms in total. The van der Waals surface area contributed by atoms with E-state index < -0.39 is 0 Å². The normalized spacial score (nSPS) is 16.4. The summed E-state index contributed by atoms with van der Waals surface area (Å²) in [5, 5.41) is 19.6. The molecule has 1 fully saturated rings. The molecule has 0 radical (unpaired) electrons. The number of benzene rings is 1.